The summed E-state index contributed by atoms with van der Waals surface area (Å²) in [5.41, 5.74) is 2.86. The van der Waals surface area contributed by atoms with Crippen LogP contribution in [0, 0.1) is 6.92 Å². The van der Waals surface area contributed by atoms with E-state index in [1.54, 1.807) is 6.33 Å². The lowest BCUT2D eigenvalue weighted by Gasteiger charge is -2.07. The SMILES string of the molecule is Cc1cccc(CS(=O)(=O)NCCc2csc3nncn23)c1. The Balaban J connectivity index is 1.59. The van der Waals surface area contributed by atoms with Gasteiger partial charge in [0.05, 0.1) is 5.75 Å². The minimum atomic E-state index is -3.33. The maximum absolute atomic E-state index is 12.1. The quantitative estimate of drug-likeness (QED) is 0.744. The Morgan fingerprint density at radius 1 is 1.36 bits per heavy atom. The van der Waals surface area contributed by atoms with Crippen molar-refractivity contribution in [1.82, 2.24) is 19.3 Å². The minimum absolute atomic E-state index is 0.000356. The summed E-state index contributed by atoms with van der Waals surface area (Å²) in [7, 11) is -3.33. The van der Waals surface area contributed by atoms with Gasteiger partial charge in [0.2, 0.25) is 15.0 Å². The van der Waals surface area contributed by atoms with Gasteiger partial charge in [-0.05, 0) is 12.5 Å². The van der Waals surface area contributed by atoms with E-state index < -0.39 is 10.0 Å². The van der Waals surface area contributed by atoms with Crippen molar-refractivity contribution in [3.8, 4) is 0 Å². The van der Waals surface area contributed by atoms with Crippen LogP contribution in [-0.2, 0) is 22.2 Å². The average molecular weight is 336 g/mol. The predicted molar refractivity (Wildman–Crippen MR) is 86.4 cm³/mol. The van der Waals surface area contributed by atoms with Crippen LogP contribution in [0.5, 0.6) is 0 Å². The number of rotatable bonds is 6. The topological polar surface area (TPSA) is 76.4 Å². The van der Waals surface area contributed by atoms with Crippen LogP contribution in [0.25, 0.3) is 4.96 Å². The van der Waals surface area contributed by atoms with Gasteiger partial charge in [-0.25, -0.2) is 13.1 Å². The number of benzene rings is 1. The Labute approximate surface area is 132 Å². The molecule has 0 fully saturated rings. The third-order valence-corrected chi connectivity index (χ3v) is 5.50. The molecule has 2 aromatic heterocycles. The molecule has 0 unspecified atom stereocenters. The lowest BCUT2D eigenvalue weighted by atomic mass is 10.2. The second kappa shape index (κ2) is 6.15. The van der Waals surface area contributed by atoms with Crippen LogP contribution in [0.15, 0.2) is 36.0 Å². The smallest absolute Gasteiger partial charge is 0.216 e. The lowest BCUT2D eigenvalue weighted by Crippen LogP contribution is -2.27. The first-order valence-electron chi connectivity index (χ1n) is 6.82. The van der Waals surface area contributed by atoms with Crippen LogP contribution in [-0.4, -0.2) is 29.6 Å². The lowest BCUT2D eigenvalue weighted by molar-refractivity contribution is 0.580. The standard InChI is InChI=1S/C14H16N4O2S2/c1-11-3-2-4-12(7-11)9-22(19,20)16-6-5-13-8-21-14-17-15-10-18(13)14/h2-4,7-8,10,16H,5-6,9H2,1H3. The number of nitrogens with zero attached hydrogens (tertiary/aromatic N) is 3. The maximum Gasteiger partial charge on any atom is 0.216 e. The van der Waals surface area contributed by atoms with Crippen LogP contribution in [0.2, 0.25) is 0 Å². The Kier molecular flexibility index (Phi) is 4.23. The average Bonchev–Trinajstić information content (AvgIpc) is 3.02. The molecule has 0 aliphatic heterocycles. The van der Waals surface area contributed by atoms with Crippen LogP contribution < -0.4 is 4.72 Å². The molecule has 0 spiro atoms. The molecule has 0 saturated heterocycles. The Morgan fingerprint density at radius 2 is 2.23 bits per heavy atom. The first-order valence-corrected chi connectivity index (χ1v) is 9.36. The summed E-state index contributed by atoms with van der Waals surface area (Å²) in [6.45, 7) is 2.31. The third-order valence-electron chi connectivity index (χ3n) is 3.27. The van der Waals surface area contributed by atoms with E-state index in [9.17, 15) is 8.42 Å². The molecular weight excluding hydrogens is 320 g/mol. The summed E-state index contributed by atoms with van der Waals surface area (Å²) in [5, 5.41) is 9.75. The summed E-state index contributed by atoms with van der Waals surface area (Å²) in [6, 6.07) is 7.53. The molecule has 6 nitrogen and oxygen atoms in total. The van der Waals surface area contributed by atoms with Gasteiger partial charge >= 0.3 is 0 Å². The molecular formula is C14H16N4O2S2. The summed E-state index contributed by atoms with van der Waals surface area (Å²) in [4.78, 5) is 0.817. The van der Waals surface area contributed by atoms with Gasteiger partial charge in [0, 0.05) is 24.0 Å². The van der Waals surface area contributed by atoms with E-state index in [2.05, 4.69) is 14.9 Å². The molecule has 1 aromatic carbocycles. The normalized spacial score (nSPS) is 12.0. The van der Waals surface area contributed by atoms with Crippen LogP contribution in [0.3, 0.4) is 0 Å². The fourth-order valence-corrected chi connectivity index (χ4v) is 4.24. The van der Waals surface area contributed by atoms with E-state index in [1.165, 1.54) is 11.3 Å². The Bertz CT molecular complexity index is 883. The summed E-state index contributed by atoms with van der Waals surface area (Å²) < 4.78 is 28.7. The van der Waals surface area contributed by atoms with Gasteiger partial charge in [0.1, 0.15) is 6.33 Å². The van der Waals surface area contributed by atoms with Crippen molar-refractivity contribution in [2.75, 3.05) is 6.54 Å². The molecule has 22 heavy (non-hydrogen) atoms. The van der Waals surface area contributed by atoms with Crippen molar-refractivity contribution in [3.05, 3.63) is 52.8 Å². The van der Waals surface area contributed by atoms with E-state index in [-0.39, 0.29) is 5.75 Å². The molecule has 1 N–H and O–H groups in total. The van der Waals surface area contributed by atoms with Gasteiger partial charge in [-0.2, -0.15) is 0 Å². The molecule has 0 saturated carbocycles. The van der Waals surface area contributed by atoms with Gasteiger partial charge < -0.3 is 0 Å². The predicted octanol–water partition coefficient (Wildman–Crippen LogP) is 1.76. The number of hydrogen-bond acceptors (Lipinski definition) is 5. The summed E-state index contributed by atoms with van der Waals surface area (Å²) >= 11 is 1.49. The van der Waals surface area contributed by atoms with Crippen LogP contribution in [0.4, 0.5) is 0 Å². The highest BCUT2D eigenvalue weighted by Gasteiger charge is 2.12. The van der Waals surface area contributed by atoms with E-state index in [0.717, 1.165) is 21.8 Å². The second-order valence-corrected chi connectivity index (χ2v) is 7.75. The summed E-state index contributed by atoms with van der Waals surface area (Å²) in [5.74, 6) is 0.000356. The number of fused-ring (bicyclic) bond motifs is 1. The molecule has 2 heterocycles. The molecule has 8 heteroatoms. The number of nitrogens with one attached hydrogen (secondary N) is 1. The van der Waals surface area contributed by atoms with Crippen molar-refractivity contribution in [1.29, 1.82) is 0 Å². The number of aromatic nitrogens is 3. The van der Waals surface area contributed by atoms with Gasteiger partial charge in [-0.3, -0.25) is 4.40 Å². The molecule has 0 radical (unpaired) electrons. The number of hydrogen-bond donors (Lipinski definition) is 1. The maximum atomic E-state index is 12.1. The van der Waals surface area contributed by atoms with Crippen molar-refractivity contribution in [2.45, 2.75) is 19.1 Å². The van der Waals surface area contributed by atoms with E-state index in [0.29, 0.717) is 13.0 Å². The zero-order valence-corrected chi connectivity index (χ0v) is 13.7. The fraction of sp³-hybridized carbons (Fsp3) is 0.286. The Morgan fingerprint density at radius 3 is 3.05 bits per heavy atom. The molecule has 0 amide bonds. The molecule has 116 valence electrons. The third kappa shape index (κ3) is 3.52. The van der Waals surface area contributed by atoms with Crippen LogP contribution >= 0.6 is 11.3 Å². The van der Waals surface area contributed by atoms with Crippen molar-refractivity contribution >= 4 is 26.3 Å². The number of sulfonamides is 1. The fourth-order valence-electron chi connectivity index (χ4n) is 2.27. The van der Waals surface area contributed by atoms with Crippen molar-refractivity contribution in [2.24, 2.45) is 0 Å². The van der Waals surface area contributed by atoms with Crippen molar-refractivity contribution < 1.29 is 8.42 Å². The van der Waals surface area contributed by atoms with Crippen LogP contribution in [0.1, 0.15) is 16.8 Å². The molecule has 0 aliphatic carbocycles. The second-order valence-electron chi connectivity index (χ2n) is 5.10. The van der Waals surface area contributed by atoms with Gasteiger partial charge in [0.25, 0.3) is 0 Å². The minimum Gasteiger partial charge on any atom is -0.276 e. The molecule has 0 atom stereocenters. The highest BCUT2D eigenvalue weighted by atomic mass is 32.2. The zero-order chi connectivity index (χ0) is 15.6. The van der Waals surface area contributed by atoms with Crippen molar-refractivity contribution in [3.63, 3.8) is 0 Å². The highest BCUT2D eigenvalue weighted by molar-refractivity contribution is 7.88. The molecule has 0 bridgehead atoms. The Hall–Kier alpha value is -1.77. The molecule has 3 rings (SSSR count). The highest BCUT2D eigenvalue weighted by Crippen LogP contribution is 2.13. The first-order chi connectivity index (χ1) is 10.5. The summed E-state index contributed by atoms with van der Waals surface area (Å²) in [6.07, 6.45) is 2.24. The van der Waals surface area contributed by atoms with E-state index >= 15 is 0 Å². The largest absolute Gasteiger partial charge is 0.276 e. The molecule has 3 aromatic rings. The first kappa shape index (κ1) is 15.1. The van der Waals surface area contributed by atoms with Gasteiger partial charge in [-0.1, -0.05) is 29.8 Å². The van der Waals surface area contributed by atoms with E-state index in [4.69, 9.17) is 0 Å². The van der Waals surface area contributed by atoms with Gasteiger partial charge in [0.15, 0.2) is 0 Å². The zero-order valence-electron chi connectivity index (χ0n) is 12.1. The molecule has 0 aliphatic rings. The number of aryl methyl sites for hydroxylation is 1. The monoisotopic (exact) mass is 336 g/mol. The van der Waals surface area contributed by atoms with E-state index in [1.807, 2.05) is 41.0 Å². The number of thiazole rings is 1. The van der Waals surface area contributed by atoms with Gasteiger partial charge in [-0.15, -0.1) is 21.5 Å².